The second-order valence-electron chi connectivity index (χ2n) is 2.75. The van der Waals surface area contributed by atoms with Gasteiger partial charge in [0.15, 0.2) is 5.13 Å². The Balaban J connectivity index is 2.50. The first kappa shape index (κ1) is 8.53. The van der Waals surface area contributed by atoms with Crippen molar-refractivity contribution < 1.29 is 0 Å². The summed E-state index contributed by atoms with van der Waals surface area (Å²) in [4.78, 5) is 4.31. The van der Waals surface area contributed by atoms with E-state index in [2.05, 4.69) is 29.5 Å². The van der Waals surface area contributed by atoms with Crippen LogP contribution in [0.4, 0.5) is 5.13 Å². The monoisotopic (exact) mass is 170 g/mol. The topological polar surface area (TPSA) is 24.9 Å². The van der Waals surface area contributed by atoms with Crippen LogP contribution in [0.1, 0.15) is 26.0 Å². The Hall–Kier alpha value is -0.570. The number of rotatable bonds is 3. The number of aryl methyl sites for hydroxylation is 1. The summed E-state index contributed by atoms with van der Waals surface area (Å²) in [6, 6.07) is 0.528. The van der Waals surface area contributed by atoms with Gasteiger partial charge >= 0.3 is 0 Å². The summed E-state index contributed by atoms with van der Waals surface area (Å²) in [5.74, 6) is 0. The van der Waals surface area contributed by atoms with Gasteiger partial charge in [-0.05, 0) is 20.3 Å². The van der Waals surface area contributed by atoms with Gasteiger partial charge in [0.25, 0.3) is 0 Å². The fourth-order valence-corrected chi connectivity index (χ4v) is 1.53. The lowest BCUT2D eigenvalue weighted by atomic mass is 10.3. The van der Waals surface area contributed by atoms with Crippen LogP contribution in [-0.4, -0.2) is 11.0 Å². The molecule has 1 aromatic rings. The molecule has 1 atom stereocenters. The zero-order valence-electron chi connectivity index (χ0n) is 7.22. The van der Waals surface area contributed by atoms with Crippen LogP contribution in [0.25, 0.3) is 0 Å². The molecule has 0 aromatic carbocycles. The molecular weight excluding hydrogens is 156 g/mol. The second kappa shape index (κ2) is 3.72. The summed E-state index contributed by atoms with van der Waals surface area (Å²) in [6.45, 7) is 6.34. The van der Waals surface area contributed by atoms with Gasteiger partial charge < -0.3 is 5.32 Å². The van der Waals surface area contributed by atoms with Gasteiger partial charge in [0.1, 0.15) is 0 Å². The number of nitrogens with one attached hydrogen (secondary N) is 1. The van der Waals surface area contributed by atoms with E-state index in [-0.39, 0.29) is 0 Å². The molecule has 3 heteroatoms. The normalized spacial score (nSPS) is 13.0. The van der Waals surface area contributed by atoms with E-state index in [1.807, 2.05) is 6.92 Å². The number of hydrogen-bond acceptors (Lipinski definition) is 3. The highest BCUT2D eigenvalue weighted by atomic mass is 32.1. The van der Waals surface area contributed by atoms with Gasteiger partial charge in [0.2, 0.25) is 0 Å². The Morgan fingerprint density at radius 1 is 1.73 bits per heavy atom. The lowest BCUT2D eigenvalue weighted by Crippen LogP contribution is -2.12. The maximum absolute atomic E-state index is 4.31. The summed E-state index contributed by atoms with van der Waals surface area (Å²) >= 11 is 1.67. The van der Waals surface area contributed by atoms with Crippen LogP contribution < -0.4 is 5.32 Å². The van der Waals surface area contributed by atoms with Crippen molar-refractivity contribution in [2.75, 3.05) is 5.32 Å². The second-order valence-corrected chi connectivity index (χ2v) is 3.61. The zero-order valence-corrected chi connectivity index (χ0v) is 8.03. The van der Waals surface area contributed by atoms with Crippen LogP contribution in [0.2, 0.25) is 0 Å². The van der Waals surface area contributed by atoms with Gasteiger partial charge in [0.05, 0.1) is 5.69 Å². The molecule has 0 fully saturated rings. The first-order valence-electron chi connectivity index (χ1n) is 3.91. The summed E-state index contributed by atoms with van der Waals surface area (Å²) < 4.78 is 0. The highest BCUT2D eigenvalue weighted by Crippen LogP contribution is 2.15. The third kappa shape index (κ3) is 2.50. The van der Waals surface area contributed by atoms with Crippen molar-refractivity contribution in [3.8, 4) is 0 Å². The average molecular weight is 170 g/mol. The smallest absolute Gasteiger partial charge is 0.183 e. The van der Waals surface area contributed by atoms with Gasteiger partial charge in [0, 0.05) is 11.4 Å². The van der Waals surface area contributed by atoms with Crippen molar-refractivity contribution >= 4 is 16.5 Å². The van der Waals surface area contributed by atoms with Gasteiger partial charge in [-0.2, -0.15) is 0 Å². The molecule has 0 saturated heterocycles. The zero-order chi connectivity index (χ0) is 8.27. The van der Waals surface area contributed by atoms with E-state index < -0.39 is 0 Å². The minimum Gasteiger partial charge on any atom is -0.359 e. The predicted octanol–water partition coefficient (Wildman–Crippen LogP) is 2.66. The summed E-state index contributed by atoms with van der Waals surface area (Å²) in [6.07, 6.45) is 1.14. The molecule has 11 heavy (non-hydrogen) atoms. The molecule has 2 nitrogen and oxygen atoms in total. The van der Waals surface area contributed by atoms with Crippen molar-refractivity contribution in [2.45, 2.75) is 33.2 Å². The first-order valence-corrected chi connectivity index (χ1v) is 4.79. The molecule has 1 rings (SSSR count). The molecule has 0 radical (unpaired) electrons. The quantitative estimate of drug-likeness (QED) is 0.754. The highest BCUT2D eigenvalue weighted by Gasteiger charge is 2.00. The van der Waals surface area contributed by atoms with E-state index >= 15 is 0 Å². The number of aromatic nitrogens is 1. The minimum atomic E-state index is 0.528. The summed E-state index contributed by atoms with van der Waals surface area (Å²) in [7, 11) is 0. The third-order valence-corrected chi connectivity index (χ3v) is 2.49. The molecule has 1 heterocycles. The Bertz CT molecular complexity index is 220. The average Bonchev–Trinajstić information content (AvgIpc) is 2.35. The van der Waals surface area contributed by atoms with Crippen molar-refractivity contribution in [3.05, 3.63) is 11.1 Å². The van der Waals surface area contributed by atoms with Crippen LogP contribution in [0, 0.1) is 6.92 Å². The number of anilines is 1. The lowest BCUT2D eigenvalue weighted by molar-refractivity contribution is 0.762. The summed E-state index contributed by atoms with van der Waals surface area (Å²) in [5.41, 5.74) is 1.10. The molecule has 0 aliphatic heterocycles. The molecule has 0 spiro atoms. The maximum Gasteiger partial charge on any atom is 0.183 e. The standard InChI is InChI=1S/C8H14N2S/c1-4-6(2)9-8-10-7(3)5-11-8/h5-6H,4H2,1-3H3,(H,9,10). The van der Waals surface area contributed by atoms with E-state index in [9.17, 15) is 0 Å². The molecule has 0 amide bonds. The van der Waals surface area contributed by atoms with Crippen molar-refractivity contribution in [3.63, 3.8) is 0 Å². The van der Waals surface area contributed by atoms with Crippen molar-refractivity contribution in [2.24, 2.45) is 0 Å². The van der Waals surface area contributed by atoms with Gasteiger partial charge in [-0.3, -0.25) is 0 Å². The molecule has 0 aliphatic rings. The van der Waals surface area contributed by atoms with E-state index in [1.54, 1.807) is 11.3 Å². The van der Waals surface area contributed by atoms with Gasteiger partial charge in [-0.1, -0.05) is 6.92 Å². The molecule has 1 N–H and O–H groups in total. The van der Waals surface area contributed by atoms with Crippen LogP contribution in [0.15, 0.2) is 5.38 Å². The fraction of sp³-hybridized carbons (Fsp3) is 0.625. The first-order chi connectivity index (χ1) is 5.22. The Kier molecular flexibility index (Phi) is 2.88. The predicted molar refractivity (Wildman–Crippen MR) is 50.2 cm³/mol. The number of nitrogens with zero attached hydrogens (tertiary/aromatic N) is 1. The van der Waals surface area contributed by atoms with E-state index in [4.69, 9.17) is 0 Å². The van der Waals surface area contributed by atoms with Crippen LogP contribution >= 0.6 is 11.3 Å². The SMILES string of the molecule is CCC(C)Nc1nc(C)cs1. The molecule has 62 valence electrons. The Morgan fingerprint density at radius 3 is 2.91 bits per heavy atom. The maximum atomic E-state index is 4.31. The molecule has 0 aliphatic carbocycles. The molecule has 1 aromatic heterocycles. The number of thiazole rings is 1. The number of hydrogen-bond donors (Lipinski definition) is 1. The van der Waals surface area contributed by atoms with E-state index in [0.29, 0.717) is 6.04 Å². The van der Waals surface area contributed by atoms with Gasteiger partial charge in [-0.15, -0.1) is 11.3 Å². The van der Waals surface area contributed by atoms with Crippen LogP contribution in [-0.2, 0) is 0 Å². The van der Waals surface area contributed by atoms with Crippen molar-refractivity contribution in [1.82, 2.24) is 4.98 Å². The van der Waals surface area contributed by atoms with Gasteiger partial charge in [-0.25, -0.2) is 4.98 Å². The highest BCUT2D eigenvalue weighted by molar-refractivity contribution is 7.13. The minimum absolute atomic E-state index is 0.528. The van der Waals surface area contributed by atoms with Crippen molar-refractivity contribution in [1.29, 1.82) is 0 Å². The van der Waals surface area contributed by atoms with E-state index in [0.717, 1.165) is 17.2 Å². The van der Waals surface area contributed by atoms with E-state index in [1.165, 1.54) is 0 Å². The molecular formula is C8H14N2S. The summed E-state index contributed by atoms with van der Waals surface area (Å²) in [5, 5.41) is 6.42. The molecule has 1 unspecified atom stereocenters. The van der Waals surface area contributed by atoms with Crippen LogP contribution in [0.3, 0.4) is 0 Å². The molecule has 0 bridgehead atoms. The molecule has 0 saturated carbocycles. The largest absolute Gasteiger partial charge is 0.359 e. The Labute approximate surface area is 71.7 Å². The fourth-order valence-electron chi connectivity index (χ4n) is 0.733. The third-order valence-electron chi connectivity index (χ3n) is 1.60. The lowest BCUT2D eigenvalue weighted by Gasteiger charge is -2.08. The van der Waals surface area contributed by atoms with Crippen LogP contribution in [0.5, 0.6) is 0 Å². The Morgan fingerprint density at radius 2 is 2.45 bits per heavy atom.